The molecule has 0 amide bonds. The fourth-order valence-electron chi connectivity index (χ4n) is 2.47. The van der Waals surface area contributed by atoms with Crippen LogP contribution in [0.2, 0.25) is 0 Å². The van der Waals surface area contributed by atoms with E-state index in [1.54, 1.807) is 0 Å². The summed E-state index contributed by atoms with van der Waals surface area (Å²) in [7, 11) is 0. The zero-order valence-electron chi connectivity index (χ0n) is 9.97. The maximum Gasteiger partial charge on any atom is 0.0667 e. The molecule has 1 saturated heterocycles. The number of piperidine rings is 1. The predicted molar refractivity (Wildman–Crippen MR) is 66.5 cm³/mol. The molecule has 1 fully saturated rings. The van der Waals surface area contributed by atoms with Crippen molar-refractivity contribution in [3.05, 3.63) is 35.9 Å². The van der Waals surface area contributed by atoms with Crippen LogP contribution in [0.15, 0.2) is 30.3 Å². The van der Waals surface area contributed by atoms with Crippen LogP contribution in [-0.4, -0.2) is 35.7 Å². The second-order valence-electron chi connectivity index (χ2n) is 4.87. The van der Waals surface area contributed by atoms with E-state index in [0.29, 0.717) is 5.92 Å². The fraction of sp³-hybridized carbons (Fsp3) is 0.571. The summed E-state index contributed by atoms with van der Waals surface area (Å²) in [6.45, 7) is 5.29. The van der Waals surface area contributed by atoms with E-state index in [1.165, 1.54) is 5.56 Å². The lowest BCUT2D eigenvalue weighted by molar-refractivity contribution is 0.0682. The normalized spacial score (nSPS) is 24.2. The van der Waals surface area contributed by atoms with Crippen LogP contribution in [0.4, 0.5) is 0 Å². The highest BCUT2D eigenvalue weighted by Crippen LogP contribution is 2.18. The first kappa shape index (κ1) is 11.6. The Bertz CT molecular complexity index is 312. The average molecular weight is 219 g/mol. The number of benzene rings is 1. The van der Waals surface area contributed by atoms with E-state index >= 15 is 0 Å². The first-order valence-corrected chi connectivity index (χ1v) is 6.21. The number of β-amino-alcohol motifs (C(OH)–C–C–N with tert-alkyl or cyclic N) is 1. The van der Waals surface area contributed by atoms with Crippen molar-refractivity contribution in [3.63, 3.8) is 0 Å². The lowest BCUT2D eigenvalue weighted by Gasteiger charge is -2.32. The molecule has 2 heteroatoms. The van der Waals surface area contributed by atoms with Crippen LogP contribution in [0.1, 0.15) is 31.2 Å². The Balaban J connectivity index is 1.89. The molecule has 2 atom stereocenters. The van der Waals surface area contributed by atoms with Gasteiger partial charge in [0, 0.05) is 13.1 Å². The van der Waals surface area contributed by atoms with Crippen LogP contribution in [0.5, 0.6) is 0 Å². The van der Waals surface area contributed by atoms with Gasteiger partial charge >= 0.3 is 0 Å². The van der Waals surface area contributed by atoms with Gasteiger partial charge in [0.05, 0.1) is 6.10 Å². The molecule has 0 radical (unpaired) electrons. The topological polar surface area (TPSA) is 23.5 Å². The molecule has 2 nitrogen and oxygen atoms in total. The van der Waals surface area contributed by atoms with E-state index in [2.05, 4.69) is 42.2 Å². The summed E-state index contributed by atoms with van der Waals surface area (Å²) in [5, 5.41) is 9.62. The summed E-state index contributed by atoms with van der Waals surface area (Å²) in [6.07, 6.45) is 1.98. The van der Waals surface area contributed by atoms with E-state index in [-0.39, 0.29) is 6.10 Å². The van der Waals surface area contributed by atoms with E-state index in [4.69, 9.17) is 0 Å². The molecule has 0 spiro atoms. The summed E-state index contributed by atoms with van der Waals surface area (Å²) in [5.41, 5.74) is 1.39. The van der Waals surface area contributed by atoms with Crippen LogP contribution < -0.4 is 0 Å². The van der Waals surface area contributed by atoms with E-state index in [0.717, 1.165) is 32.5 Å². The number of aliphatic hydroxyl groups is 1. The number of hydrogen-bond donors (Lipinski definition) is 1. The largest absolute Gasteiger partial charge is 0.392 e. The van der Waals surface area contributed by atoms with Gasteiger partial charge in [-0.05, 0) is 30.9 Å². The molecular formula is C14H21NO. The zero-order valence-corrected chi connectivity index (χ0v) is 9.97. The number of hydrogen-bond acceptors (Lipinski definition) is 2. The van der Waals surface area contributed by atoms with Gasteiger partial charge in [0.15, 0.2) is 0 Å². The molecule has 1 heterocycles. The SMILES string of the molecule is C[C@H](CN1CCC[C@H](O)C1)c1ccccc1. The molecule has 2 rings (SSSR count). The van der Waals surface area contributed by atoms with Gasteiger partial charge in [0.1, 0.15) is 0 Å². The molecule has 88 valence electrons. The molecule has 1 aliphatic rings. The highest BCUT2D eigenvalue weighted by Gasteiger charge is 2.19. The fourth-order valence-corrected chi connectivity index (χ4v) is 2.47. The van der Waals surface area contributed by atoms with Gasteiger partial charge in [-0.3, -0.25) is 0 Å². The molecule has 1 aromatic carbocycles. The van der Waals surface area contributed by atoms with Crippen LogP contribution in [0, 0.1) is 0 Å². The van der Waals surface area contributed by atoms with Gasteiger partial charge in [-0.25, -0.2) is 0 Å². The minimum absolute atomic E-state index is 0.114. The first-order chi connectivity index (χ1) is 7.75. The maximum atomic E-state index is 9.62. The van der Waals surface area contributed by atoms with Gasteiger partial charge in [-0.2, -0.15) is 0 Å². The molecule has 0 aromatic heterocycles. The Morgan fingerprint density at radius 3 is 2.81 bits per heavy atom. The van der Waals surface area contributed by atoms with Crippen LogP contribution in [0.25, 0.3) is 0 Å². The third-order valence-corrected chi connectivity index (χ3v) is 3.38. The molecule has 1 N–H and O–H groups in total. The van der Waals surface area contributed by atoms with Crippen LogP contribution in [-0.2, 0) is 0 Å². The molecule has 1 aliphatic heterocycles. The van der Waals surface area contributed by atoms with Crippen molar-refractivity contribution in [2.75, 3.05) is 19.6 Å². The summed E-state index contributed by atoms with van der Waals surface area (Å²) in [4.78, 5) is 2.38. The first-order valence-electron chi connectivity index (χ1n) is 6.21. The smallest absolute Gasteiger partial charge is 0.0667 e. The third-order valence-electron chi connectivity index (χ3n) is 3.38. The van der Waals surface area contributed by atoms with E-state index in [9.17, 15) is 5.11 Å². The number of rotatable bonds is 3. The van der Waals surface area contributed by atoms with Gasteiger partial charge < -0.3 is 10.0 Å². The standard InChI is InChI=1S/C14H21NO/c1-12(13-6-3-2-4-7-13)10-15-9-5-8-14(16)11-15/h2-4,6-7,12,14,16H,5,8-11H2,1H3/t12-,14+/m1/s1. The minimum atomic E-state index is -0.114. The Morgan fingerprint density at radius 2 is 2.12 bits per heavy atom. The average Bonchev–Trinajstić information content (AvgIpc) is 2.30. The molecule has 0 saturated carbocycles. The van der Waals surface area contributed by atoms with Gasteiger partial charge in [-0.15, -0.1) is 0 Å². The van der Waals surface area contributed by atoms with E-state index in [1.807, 2.05) is 0 Å². The second kappa shape index (κ2) is 5.46. The summed E-state index contributed by atoms with van der Waals surface area (Å²) in [5.74, 6) is 0.548. The monoisotopic (exact) mass is 219 g/mol. The van der Waals surface area contributed by atoms with Crippen LogP contribution in [0.3, 0.4) is 0 Å². The van der Waals surface area contributed by atoms with Crippen molar-refractivity contribution < 1.29 is 5.11 Å². The van der Waals surface area contributed by atoms with Gasteiger partial charge in [0.2, 0.25) is 0 Å². The van der Waals surface area contributed by atoms with Crippen molar-refractivity contribution in [1.82, 2.24) is 4.90 Å². The zero-order chi connectivity index (χ0) is 11.4. The van der Waals surface area contributed by atoms with Crippen molar-refractivity contribution in [2.45, 2.75) is 31.8 Å². The molecular weight excluding hydrogens is 198 g/mol. The lowest BCUT2D eigenvalue weighted by atomic mass is 9.99. The predicted octanol–water partition coefficient (Wildman–Crippen LogP) is 2.25. The summed E-state index contributed by atoms with van der Waals surface area (Å²) in [6, 6.07) is 10.6. The Morgan fingerprint density at radius 1 is 1.38 bits per heavy atom. The molecule has 0 aliphatic carbocycles. The lowest BCUT2D eigenvalue weighted by Crippen LogP contribution is -2.40. The Kier molecular flexibility index (Phi) is 3.97. The number of aliphatic hydroxyl groups excluding tert-OH is 1. The Labute approximate surface area is 97.9 Å². The van der Waals surface area contributed by atoms with Crippen molar-refractivity contribution >= 4 is 0 Å². The van der Waals surface area contributed by atoms with Gasteiger partial charge in [0.25, 0.3) is 0 Å². The molecule has 0 bridgehead atoms. The molecule has 0 unspecified atom stereocenters. The van der Waals surface area contributed by atoms with Crippen LogP contribution >= 0.6 is 0 Å². The van der Waals surface area contributed by atoms with Crippen molar-refractivity contribution in [3.8, 4) is 0 Å². The maximum absolute atomic E-state index is 9.62. The Hall–Kier alpha value is -0.860. The second-order valence-corrected chi connectivity index (χ2v) is 4.87. The van der Waals surface area contributed by atoms with E-state index < -0.39 is 0 Å². The summed E-state index contributed by atoms with van der Waals surface area (Å²) >= 11 is 0. The number of likely N-dealkylation sites (tertiary alicyclic amines) is 1. The number of nitrogens with zero attached hydrogens (tertiary/aromatic N) is 1. The highest BCUT2D eigenvalue weighted by molar-refractivity contribution is 5.19. The van der Waals surface area contributed by atoms with Gasteiger partial charge in [-0.1, -0.05) is 37.3 Å². The minimum Gasteiger partial charge on any atom is -0.392 e. The summed E-state index contributed by atoms with van der Waals surface area (Å²) < 4.78 is 0. The third kappa shape index (κ3) is 3.06. The van der Waals surface area contributed by atoms with Crippen molar-refractivity contribution in [1.29, 1.82) is 0 Å². The highest BCUT2D eigenvalue weighted by atomic mass is 16.3. The quantitative estimate of drug-likeness (QED) is 0.843. The van der Waals surface area contributed by atoms with Crippen molar-refractivity contribution in [2.24, 2.45) is 0 Å². The molecule has 16 heavy (non-hydrogen) atoms. The molecule has 1 aromatic rings.